The SMILES string of the molecule is C=C(C)C(=O)OC(C)CCOC(=O)c1cc(Oc2ccc(C(=O)OCCC(C)OC(=O)C(=C)C)c(C(=O)NC)c2)cc(C(=O)Nc2cccc(C(=O)Nc3ccc(NC(=O)c4cccc(C)c4)cc3)c2)c1. The topological polar surface area (TPSA) is 231 Å². The number of ether oxygens (including phenoxy) is 5. The summed E-state index contributed by atoms with van der Waals surface area (Å²) in [6, 6.07) is 27.7. The molecule has 5 aromatic carbocycles. The highest BCUT2D eigenvalue weighted by molar-refractivity contribution is 6.09. The molecule has 0 aliphatic carbocycles. The van der Waals surface area contributed by atoms with Gasteiger partial charge >= 0.3 is 23.9 Å². The predicted molar refractivity (Wildman–Crippen MR) is 265 cm³/mol. The number of rotatable bonds is 21. The molecule has 4 N–H and O–H groups in total. The van der Waals surface area contributed by atoms with Crippen molar-refractivity contribution in [2.24, 2.45) is 0 Å². The van der Waals surface area contributed by atoms with Crippen LogP contribution in [0.3, 0.4) is 0 Å². The average molecular weight is 967 g/mol. The standard InChI is InChI=1S/C54H54N4O13/c1-31(2)51(63)69-34(6)21-23-67-53(65)39-26-38(28-44(29-39)71-43-19-20-45(46(30-43)50(62)55-8)54(66)68-24-22-35(7)70-52(64)32(3)4)49(61)58-42-14-10-13-37(27-42)48(60)57-41-17-15-40(16-18-41)56-47(59)36-12-9-11-33(5)25-36/h9-20,25-30,34-35H,1,3,21-24H2,2,4-8H3,(H,55,62)(H,56,59)(H,57,60)(H,58,61). The molecule has 0 radical (unpaired) electrons. The van der Waals surface area contributed by atoms with Crippen LogP contribution in [0.5, 0.6) is 11.5 Å². The third kappa shape index (κ3) is 15.9. The number of anilines is 3. The molecule has 17 nitrogen and oxygen atoms in total. The molecule has 0 saturated heterocycles. The first kappa shape index (κ1) is 53.1. The Balaban J connectivity index is 1.33. The second-order valence-corrected chi connectivity index (χ2v) is 16.4. The summed E-state index contributed by atoms with van der Waals surface area (Å²) >= 11 is 0. The van der Waals surface area contributed by atoms with Gasteiger partial charge in [-0.2, -0.15) is 0 Å². The van der Waals surface area contributed by atoms with Crippen LogP contribution in [0.15, 0.2) is 133 Å². The van der Waals surface area contributed by atoms with Crippen molar-refractivity contribution in [3.63, 3.8) is 0 Å². The Bertz CT molecular complexity index is 2870. The van der Waals surface area contributed by atoms with Crippen molar-refractivity contribution in [3.05, 3.63) is 172 Å². The summed E-state index contributed by atoms with van der Waals surface area (Å²) in [6.45, 7) is 15.0. The largest absolute Gasteiger partial charge is 0.462 e. The summed E-state index contributed by atoms with van der Waals surface area (Å²) in [7, 11) is 1.37. The second-order valence-electron chi connectivity index (χ2n) is 16.4. The van der Waals surface area contributed by atoms with E-state index in [1.807, 2.05) is 13.0 Å². The molecule has 71 heavy (non-hydrogen) atoms. The summed E-state index contributed by atoms with van der Waals surface area (Å²) in [5.41, 5.74) is 2.87. The van der Waals surface area contributed by atoms with Crippen molar-refractivity contribution < 1.29 is 62.0 Å². The lowest BCUT2D eigenvalue weighted by Gasteiger charge is -2.15. The maximum absolute atomic E-state index is 13.9. The normalized spacial score (nSPS) is 11.4. The minimum absolute atomic E-state index is 0.0332. The van der Waals surface area contributed by atoms with Gasteiger partial charge in [-0.15, -0.1) is 0 Å². The van der Waals surface area contributed by atoms with Gasteiger partial charge in [0.15, 0.2) is 0 Å². The molecule has 0 aromatic heterocycles. The monoisotopic (exact) mass is 966 g/mol. The highest BCUT2D eigenvalue weighted by Crippen LogP contribution is 2.28. The van der Waals surface area contributed by atoms with E-state index >= 15 is 0 Å². The number of carbonyl (C=O) groups excluding carboxylic acids is 8. The van der Waals surface area contributed by atoms with Gasteiger partial charge in [0.25, 0.3) is 23.6 Å². The van der Waals surface area contributed by atoms with Crippen molar-refractivity contribution in [2.75, 3.05) is 36.2 Å². The van der Waals surface area contributed by atoms with Gasteiger partial charge in [0.1, 0.15) is 23.7 Å². The first-order chi connectivity index (χ1) is 33.8. The Morgan fingerprint density at radius 2 is 1.01 bits per heavy atom. The van der Waals surface area contributed by atoms with Crippen LogP contribution in [0.25, 0.3) is 0 Å². The van der Waals surface area contributed by atoms with E-state index in [0.717, 1.165) is 5.56 Å². The molecule has 4 amide bonds. The minimum Gasteiger partial charge on any atom is -0.462 e. The number of carbonyl (C=O) groups is 8. The van der Waals surface area contributed by atoms with Crippen LogP contribution in [-0.4, -0.2) is 80.0 Å². The second kappa shape index (κ2) is 25.0. The van der Waals surface area contributed by atoms with Crippen LogP contribution in [0, 0.1) is 6.92 Å². The van der Waals surface area contributed by atoms with Crippen molar-refractivity contribution >= 4 is 64.6 Å². The van der Waals surface area contributed by atoms with E-state index in [4.69, 9.17) is 23.7 Å². The van der Waals surface area contributed by atoms with Crippen molar-refractivity contribution in [1.29, 1.82) is 0 Å². The lowest BCUT2D eigenvalue weighted by molar-refractivity contribution is -0.144. The molecule has 0 aliphatic heterocycles. The lowest BCUT2D eigenvalue weighted by atomic mass is 10.1. The van der Waals surface area contributed by atoms with Crippen LogP contribution in [-0.2, 0) is 28.5 Å². The highest BCUT2D eigenvalue weighted by Gasteiger charge is 2.22. The first-order valence-corrected chi connectivity index (χ1v) is 22.3. The Kier molecular flexibility index (Phi) is 18.7. The summed E-state index contributed by atoms with van der Waals surface area (Å²) in [4.78, 5) is 103. The van der Waals surface area contributed by atoms with E-state index in [0.29, 0.717) is 16.9 Å². The molecule has 0 spiro atoms. The van der Waals surface area contributed by atoms with Crippen LogP contribution in [0.2, 0.25) is 0 Å². The maximum Gasteiger partial charge on any atom is 0.338 e. The van der Waals surface area contributed by atoms with Crippen LogP contribution >= 0.6 is 0 Å². The molecule has 5 rings (SSSR count). The average Bonchev–Trinajstić information content (AvgIpc) is 3.34. The van der Waals surface area contributed by atoms with Gasteiger partial charge in [0.05, 0.1) is 29.9 Å². The molecule has 0 saturated carbocycles. The van der Waals surface area contributed by atoms with Gasteiger partial charge in [-0.05, 0) is 126 Å². The third-order valence-electron chi connectivity index (χ3n) is 10.2. The van der Waals surface area contributed by atoms with Gasteiger partial charge in [0.2, 0.25) is 0 Å². The molecular formula is C54H54N4O13. The van der Waals surface area contributed by atoms with E-state index in [1.54, 1.807) is 74.5 Å². The lowest BCUT2D eigenvalue weighted by Crippen LogP contribution is -2.23. The van der Waals surface area contributed by atoms with Crippen LogP contribution in [0.4, 0.5) is 17.1 Å². The van der Waals surface area contributed by atoms with Crippen molar-refractivity contribution in [1.82, 2.24) is 5.32 Å². The van der Waals surface area contributed by atoms with E-state index in [9.17, 15) is 38.4 Å². The molecule has 0 fully saturated rings. The number of amides is 4. The molecular weight excluding hydrogens is 913 g/mol. The number of hydrogen-bond donors (Lipinski definition) is 4. The maximum atomic E-state index is 13.9. The summed E-state index contributed by atoms with van der Waals surface area (Å²) in [5.74, 6) is -5.01. The van der Waals surface area contributed by atoms with Crippen LogP contribution < -0.4 is 26.0 Å². The van der Waals surface area contributed by atoms with Gasteiger partial charge in [-0.3, -0.25) is 19.2 Å². The van der Waals surface area contributed by atoms with Crippen LogP contribution in [0.1, 0.15) is 108 Å². The molecule has 368 valence electrons. The summed E-state index contributed by atoms with van der Waals surface area (Å²) < 4.78 is 27.5. The third-order valence-corrected chi connectivity index (χ3v) is 10.2. The van der Waals surface area contributed by atoms with E-state index in [1.165, 1.54) is 63.4 Å². The van der Waals surface area contributed by atoms with E-state index in [2.05, 4.69) is 34.4 Å². The molecule has 5 aromatic rings. The Morgan fingerprint density at radius 1 is 0.507 bits per heavy atom. The number of nitrogens with one attached hydrogen (secondary N) is 4. The highest BCUT2D eigenvalue weighted by atomic mass is 16.6. The zero-order valence-electron chi connectivity index (χ0n) is 40.1. The zero-order chi connectivity index (χ0) is 51.8. The Morgan fingerprint density at radius 3 is 1.56 bits per heavy atom. The quantitative estimate of drug-likeness (QED) is 0.0306. The number of hydrogen-bond acceptors (Lipinski definition) is 13. The predicted octanol–water partition coefficient (Wildman–Crippen LogP) is 9.01. The van der Waals surface area contributed by atoms with Gasteiger partial charge in [0, 0.05) is 64.8 Å². The van der Waals surface area contributed by atoms with Crippen molar-refractivity contribution in [3.8, 4) is 11.5 Å². The molecule has 2 atom stereocenters. The van der Waals surface area contributed by atoms with Crippen molar-refractivity contribution in [2.45, 2.75) is 59.7 Å². The molecule has 2 unspecified atom stereocenters. The first-order valence-electron chi connectivity index (χ1n) is 22.3. The van der Waals surface area contributed by atoms with Gasteiger partial charge in [-0.1, -0.05) is 36.9 Å². The molecule has 0 bridgehead atoms. The molecule has 0 heterocycles. The number of benzene rings is 5. The fourth-order valence-electron chi connectivity index (χ4n) is 6.38. The fraction of sp³-hybridized carbons (Fsp3) is 0.222. The number of aryl methyl sites for hydroxylation is 1. The summed E-state index contributed by atoms with van der Waals surface area (Å²) in [5, 5.41) is 10.8. The smallest absolute Gasteiger partial charge is 0.338 e. The van der Waals surface area contributed by atoms with E-state index in [-0.39, 0.29) is 88.1 Å². The molecule has 17 heteroatoms. The minimum atomic E-state index is -0.851. The Hall–Kier alpha value is -8.86. The summed E-state index contributed by atoms with van der Waals surface area (Å²) in [6.07, 6.45) is -0.880. The zero-order valence-corrected chi connectivity index (χ0v) is 40.1. The van der Waals surface area contributed by atoms with Gasteiger partial charge < -0.3 is 45.0 Å². The Labute approximate surface area is 410 Å². The molecule has 0 aliphatic rings. The fourth-order valence-corrected chi connectivity index (χ4v) is 6.38. The number of esters is 4. The van der Waals surface area contributed by atoms with E-state index < -0.39 is 53.8 Å². The van der Waals surface area contributed by atoms with Gasteiger partial charge in [-0.25, -0.2) is 19.2 Å².